The summed E-state index contributed by atoms with van der Waals surface area (Å²) >= 11 is 0. The van der Waals surface area contributed by atoms with Gasteiger partial charge in [-0.3, -0.25) is 0 Å². The maximum Gasteiger partial charge on any atom is 0.170 e. The van der Waals surface area contributed by atoms with Crippen molar-refractivity contribution in [2.75, 3.05) is 0 Å². The molecule has 1 fully saturated rings. The zero-order chi connectivity index (χ0) is 13.8. The Labute approximate surface area is 114 Å². The number of oxime groups is 1. The van der Waals surface area contributed by atoms with Gasteiger partial charge < -0.3 is 15.7 Å². The third-order valence-electron chi connectivity index (χ3n) is 3.77. The van der Waals surface area contributed by atoms with Gasteiger partial charge in [-0.15, -0.1) is 0 Å². The number of hydrogen-bond donors (Lipinski definition) is 2. The first kappa shape index (κ1) is 13.7. The van der Waals surface area contributed by atoms with Crippen LogP contribution in [-0.4, -0.2) is 17.1 Å². The molecule has 4 nitrogen and oxygen atoms in total. The minimum absolute atomic E-state index is 0.113. The Hall–Kier alpha value is -1.71. The van der Waals surface area contributed by atoms with Crippen LogP contribution in [0.4, 0.5) is 0 Å². The monoisotopic (exact) mass is 262 g/mol. The van der Waals surface area contributed by atoms with Crippen LogP contribution in [0.3, 0.4) is 0 Å². The summed E-state index contributed by atoms with van der Waals surface area (Å²) in [6.07, 6.45) is 5.02. The van der Waals surface area contributed by atoms with Crippen LogP contribution in [0, 0.1) is 12.8 Å². The van der Waals surface area contributed by atoms with E-state index in [0.717, 1.165) is 30.1 Å². The van der Waals surface area contributed by atoms with E-state index >= 15 is 0 Å². The molecule has 2 atom stereocenters. The molecule has 1 aliphatic carbocycles. The van der Waals surface area contributed by atoms with Gasteiger partial charge in [-0.05, 0) is 43.7 Å². The van der Waals surface area contributed by atoms with Gasteiger partial charge in [0.15, 0.2) is 5.84 Å². The highest BCUT2D eigenvalue weighted by Gasteiger charge is 2.21. The van der Waals surface area contributed by atoms with E-state index in [1.54, 1.807) is 0 Å². The van der Waals surface area contributed by atoms with E-state index in [-0.39, 0.29) is 11.9 Å². The molecule has 0 radical (unpaired) electrons. The van der Waals surface area contributed by atoms with Crippen molar-refractivity contribution in [1.29, 1.82) is 0 Å². The highest BCUT2D eigenvalue weighted by atomic mass is 16.5. The number of nitrogens with zero attached hydrogens (tertiary/aromatic N) is 1. The molecule has 3 N–H and O–H groups in total. The van der Waals surface area contributed by atoms with E-state index in [2.05, 4.69) is 12.1 Å². The molecule has 0 aromatic heterocycles. The molecule has 0 aliphatic heterocycles. The molecule has 19 heavy (non-hydrogen) atoms. The van der Waals surface area contributed by atoms with Crippen molar-refractivity contribution in [3.05, 3.63) is 29.3 Å². The van der Waals surface area contributed by atoms with E-state index in [4.69, 9.17) is 15.7 Å². The molecular weight excluding hydrogens is 240 g/mol. The summed E-state index contributed by atoms with van der Waals surface area (Å²) in [5.41, 5.74) is 7.38. The van der Waals surface area contributed by atoms with Crippen molar-refractivity contribution in [3.8, 4) is 5.75 Å². The Morgan fingerprint density at radius 2 is 2.21 bits per heavy atom. The van der Waals surface area contributed by atoms with Crippen LogP contribution in [0.1, 0.15) is 43.7 Å². The highest BCUT2D eigenvalue weighted by Crippen LogP contribution is 2.29. The van der Waals surface area contributed by atoms with E-state index < -0.39 is 0 Å². The van der Waals surface area contributed by atoms with Gasteiger partial charge in [0.05, 0.1) is 6.10 Å². The lowest BCUT2D eigenvalue weighted by Crippen LogP contribution is -2.24. The summed E-state index contributed by atoms with van der Waals surface area (Å²) < 4.78 is 6.10. The minimum atomic E-state index is 0.113. The maximum absolute atomic E-state index is 8.73. The summed E-state index contributed by atoms with van der Waals surface area (Å²) in [5.74, 6) is 1.68. The normalized spacial score (nSPS) is 24.2. The molecule has 1 aliphatic rings. The van der Waals surface area contributed by atoms with Crippen molar-refractivity contribution in [2.45, 2.75) is 45.6 Å². The van der Waals surface area contributed by atoms with Gasteiger partial charge >= 0.3 is 0 Å². The second-order valence-corrected chi connectivity index (χ2v) is 5.48. The second-order valence-electron chi connectivity index (χ2n) is 5.48. The molecule has 1 aromatic rings. The zero-order valence-corrected chi connectivity index (χ0v) is 11.6. The molecule has 1 saturated carbocycles. The Bertz CT molecular complexity index is 471. The largest absolute Gasteiger partial charge is 0.490 e. The molecule has 2 rings (SSSR count). The Kier molecular flexibility index (Phi) is 4.30. The molecule has 4 heteroatoms. The van der Waals surface area contributed by atoms with Gasteiger partial charge in [-0.2, -0.15) is 0 Å². The molecule has 2 unspecified atom stereocenters. The number of rotatable bonds is 3. The smallest absolute Gasteiger partial charge is 0.170 e. The predicted molar refractivity (Wildman–Crippen MR) is 75.7 cm³/mol. The topological polar surface area (TPSA) is 67.8 Å². The second kappa shape index (κ2) is 5.95. The lowest BCUT2D eigenvalue weighted by Gasteiger charge is -2.28. The van der Waals surface area contributed by atoms with Gasteiger partial charge in [0.1, 0.15) is 5.75 Å². The fourth-order valence-corrected chi connectivity index (χ4v) is 2.61. The molecule has 0 saturated heterocycles. The van der Waals surface area contributed by atoms with Gasteiger partial charge in [0.2, 0.25) is 0 Å². The summed E-state index contributed by atoms with van der Waals surface area (Å²) in [5, 5.41) is 11.8. The maximum atomic E-state index is 8.73. The SMILES string of the molecule is Cc1ccc(/C(N)=N/O)cc1OC1CCCC(C)C1. The number of amidine groups is 1. The van der Waals surface area contributed by atoms with E-state index in [0.29, 0.717) is 5.56 Å². The molecule has 0 amide bonds. The van der Waals surface area contributed by atoms with Crippen LogP contribution in [-0.2, 0) is 0 Å². The van der Waals surface area contributed by atoms with Crippen molar-refractivity contribution >= 4 is 5.84 Å². The van der Waals surface area contributed by atoms with Gasteiger partial charge in [0.25, 0.3) is 0 Å². The lowest BCUT2D eigenvalue weighted by molar-refractivity contribution is 0.128. The Morgan fingerprint density at radius 3 is 2.89 bits per heavy atom. The van der Waals surface area contributed by atoms with Crippen molar-refractivity contribution in [3.63, 3.8) is 0 Å². The van der Waals surface area contributed by atoms with Gasteiger partial charge in [0, 0.05) is 5.56 Å². The zero-order valence-electron chi connectivity index (χ0n) is 11.6. The van der Waals surface area contributed by atoms with Crippen molar-refractivity contribution in [1.82, 2.24) is 0 Å². The number of ether oxygens (including phenoxy) is 1. The van der Waals surface area contributed by atoms with Crippen LogP contribution in [0.15, 0.2) is 23.4 Å². The fraction of sp³-hybridized carbons (Fsp3) is 0.533. The number of benzene rings is 1. The predicted octanol–water partition coefficient (Wildman–Crippen LogP) is 3.05. The average molecular weight is 262 g/mol. The van der Waals surface area contributed by atoms with E-state index in [1.807, 2.05) is 25.1 Å². The molecule has 104 valence electrons. The summed E-state index contributed by atoms with van der Waals surface area (Å²) in [6.45, 7) is 4.28. The summed E-state index contributed by atoms with van der Waals surface area (Å²) in [4.78, 5) is 0. The number of nitrogens with two attached hydrogens (primary N) is 1. The van der Waals surface area contributed by atoms with Crippen LogP contribution in [0.2, 0.25) is 0 Å². The summed E-state index contributed by atoms with van der Waals surface area (Å²) in [7, 11) is 0. The minimum Gasteiger partial charge on any atom is -0.490 e. The van der Waals surface area contributed by atoms with E-state index in [9.17, 15) is 0 Å². The standard InChI is InChI=1S/C15H22N2O2/c1-10-4-3-5-13(8-10)19-14-9-12(15(16)17-18)7-6-11(14)2/h6-7,9-10,13,18H,3-5,8H2,1-2H3,(H2,16,17). The third kappa shape index (κ3) is 3.40. The van der Waals surface area contributed by atoms with Crippen LogP contribution in [0.5, 0.6) is 5.75 Å². The fourth-order valence-electron chi connectivity index (χ4n) is 2.61. The molecule has 1 aromatic carbocycles. The molecular formula is C15H22N2O2. The van der Waals surface area contributed by atoms with Crippen LogP contribution in [0.25, 0.3) is 0 Å². The highest BCUT2D eigenvalue weighted by molar-refractivity contribution is 5.97. The Morgan fingerprint density at radius 1 is 1.42 bits per heavy atom. The number of hydrogen-bond acceptors (Lipinski definition) is 3. The van der Waals surface area contributed by atoms with Crippen LogP contribution >= 0.6 is 0 Å². The van der Waals surface area contributed by atoms with Crippen LogP contribution < -0.4 is 10.5 Å². The lowest BCUT2D eigenvalue weighted by atomic mass is 9.88. The first-order valence-corrected chi connectivity index (χ1v) is 6.85. The first-order chi connectivity index (χ1) is 9.10. The molecule has 0 spiro atoms. The van der Waals surface area contributed by atoms with E-state index in [1.165, 1.54) is 12.8 Å². The molecule has 0 bridgehead atoms. The van der Waals surface area contributed by atoms with Crippen molar-refractivity contribution in [2.24, 2.45) is 16.8 Å². The third-order valence-corrected chi connectivity index (χ3v) is 3.77. The first-order valence-electron chi connectivity index (χ1n) is 6.85. The molecule has 0 heterocycles. The average Bonchev–Trinajstić information content (AvgIpc) is 2.40. The Balaban J connectivity index is 2.14. The van der Waals surface area contributed by atoms with Gasteiger partial charge in [-0.1, -0.05) is 30.6 Å². The number of aryl methyl sites for hydroxylation is 1. The van der Waals surface area contributed by atoms with Crippen molar-refractivity contribution < 1.29 is 9.94 Å². The summed E-state index contributed by atoms with van der Waals surface area (Å²) in [6, 6.07) is 5.62. The quantitative estimate of drug-likeness (QED) is 0.381. The van der Waals surface area contributed by atoms with Gasteiger partial charge in [-0.25, -0.2) is 0 Å².